The van der Waals surface area contributed by atoms with Crippen molar-refractivity contribution in [3.63, 3.8) is 0 Å². The Hall–Kier alpha value is -5.03. The normalized spacial score (nSPS) is 14.4. The summed E-state index contributed by atoms with van der Waals surface area (Å²) in [6.07, 6.45) is 1.75. The molecule has 4 aromatic rings. The number of halogens is 1. The zero-order chi connectivity index (χ0) is 30.8. The molecule has 2 heterocycles. The second kappa shape index (κ2) is 12.1. The zero-order valence-corrected chi connectivity index (χ0v) is 24.3. The number of nitrogens with one attached hydrogen (secondary N) is 4. The van der Waals surface area contributed by atoms with E-state index in [1.807, 2.05) is 38.1 Å². The summed E-state index contributed by atoms with van der Waals surface area (Å²) >= 11 is 0. The first-order chi connectivity index (χ1) is 20.6. The van der Waals surface area contributed by atoms with Gasteiger partial charge in [0.05, 0.1) is 13.2 Å². The van der Waals surface area contributed by atoms with Gasteiger partial charge in [0, 0.05) is 37.6 Å². The van der Waals surface area contributed by atoms with Crippen LogP contribution in [0.5, 0.6) is 5.75 Å². The number of benzene rings is 3. The van der Waals surface area contributed by atoms with Gasteiger partial charge in [-0.2, -0.15) is 0 Å². The van der Waals surface area contributed by atoms with Gasteiger partial charge >= 0.3 is 5.69 Å². The van der Waals surface area contributed by atoms with Crippen molar-refractivity contribution < 1.29 is 18.7 Å². The minimum atomic E-state index is -0.702. The zero-order valence-electron chi connectivity index (χ0n) is 24.3. The first-order valence-corrected chi connectivity index (χ1v) is 13.8. The highest BCUT2D eigenvalue weighted by Crippen LogP contribution is 2.37. The number of nitrogens with zero attached hydrogens (tertiary/aromatic N) is 1. The van der Waals surface area contributed by atoms with Crippen LogP contribution in [-0.2, 0) is 18.4 Å². The quantitative estimate of drug-likeness (QED) is 0.251. The molecular weight excluding hydrogens is 553 g/mol. The third-order valence-corrected chi connectivity index (χ3v) is 7.89. The van der Waals surface area contributed by atoms with E-state index in [2.05, 4.69) is 20.9 Å². The highest BCUT2D eigenvalue weighted by molar-refractivity contribution is 6.04. The highest BCUT2D eigenvalue weighted by atomic mass is 19.1. The standard InChI is InChI=1S/C32H32FN5O5/c1-17-20(19-13-25(33)23(28(14-19)43-4)15-35-27-11-12-34-30(27)40)7-5-8-21(17)22-9-6-10-26(18(22)2)37-29(39)24-16-36-32(42)38(3)31(24)41/h5-10,13-14,16,27,35H,11-12,15H2,1-4H3,(H,34,40)(H,36,42)(H,37,39)/t27-/m1/s1. The lowest BCUT2D eigenvalue weighted by Gasteiger charge is -2.18. The van der Waals surface area contributed by atoms with Gasteiger partial charge in [0.2, 0.25) is 5.91 Å². The van der Waals surface area contributed by atoms with Crippen LogP contribution in [-0.4, -0.2) is 41.1 Å². The van der Waals surface area contributed by atoms with E-state index in [1.165, 1.54) is 20.2 Å². The minimum absolute atomic E-state index is 0.0944. The summed E-state index contributed by atoms with van der Waals surface area (Å²) in [4.78, 5) is 51.4. The fourth-order valence-corrected chi connectivity index (χ4v) is 5.36. The SMILES string of the molecule is COc1cc(-c2cccc(-c3cccc(NC(=O)c4c[nH]c(=O)n(C)c4=O)c3C)c2C)cc(F)c1CN[C@@H]1CCNC1=O. The molecule has 1 saturated heterocycles. The van der Waals surface area contributed by atoms with Crippen LogP contribution in [0.1, 0.15) is 33.5 Å². The van der Waals surface area contributed by atoms with Gasteiger partial charge in [0.1, 0.15) is 17.1 Å². The summed E-state index contributed by atoms with van der Waals surface area (Å²) in [6.45, 7) is 4.54. The summed E-state index contributed by atoms with van der Waals surface area (Å²) in [6, 6.07) is 14.1. The van der Waals surface area contributed by atoms with Gasteiger partial charge in [0.15, 0.2) is 0 Å². The van der Waals surface area contributed by atoms with Crippen molar-refractivity contribution in [1.82, 2.24) is 20.2 Å². The first-order valence-electron chi connectivity index (χ1n) is 13.8. The summed E-state index contributed by atoms with van der Waals surface area (Å²) in [7, 11) is 2.78. The maximum absolute atomic E-state index is 15.5. The molecule has 5 rings (SSSR count). The molecule has 4 N–H and O–H groups in total. The monoisotopic (exact) mass is 585 g/mol. The maximum Gasteiger partial charge on any atom is 0.328 e. The smallest absolute Gasteiger partial charge is 0.328 e. The Balaban J connectivity index is 1.46. The Labute approximate surface area is 246 Å². The van der Waals surface area contributed by atoms with E-state index >= 15 is 4.39 Å². The van der Waals surface area contributed by atoms with E-state index in [0.717, 1.165) is 38.6 Å². The molecule has 3 aromatic carbocycles. The molecule has 1 aliphatic rings. The first kappa shape index (κ1) is 29.5. The number of carbonyl (C=O) groups is 2. The predicted octanol–water partition coefficient (Wildman–Crippen LogP) is 3.40. The molecule has 0 saturated carbocycles. The Morgan fingerprint density at radius 3 is 2.44 bits per heavy atom. The van der Waals surface area contributed by atoms with Crippen molar-refractivity contribution in [2.45, 2.75) is 32.9 Å². The van der Waals surface area contributed by atoms with Gasteiger partial charge in [-0.05, 0) is 71.8 Å². The van der Waals surface area contributed by atoms with Gasteiger partial charge in [0.25, 0.3) is 11.5 Å². The number of hydrogen-bond donors (Lipinski definition) is 4. The minimum Gasteiger partial charge on any atom is -0.496 e. The summed E-state index contributed by atoms with van der Waals surface area (Å²) in [5.74, 6) is -0.810. The second-order valence-corrected chi connectivity index (χ2v) is 10.4. The summed E-state index contributed by atoms with van der Waals surface area (Å²) in [5.41, 5.74) is 4.14. The number of H-pyrrole nitrogens is 1. The van der Waals surface area contributed by atoms with Crippen molar-refractivity contribution in [1.29, 1.82) is 0 Å². The number of anilines is 1. The van der Waals surface area contributed by atoms with Crippen molar-refractivity contribution in [3.05, 3.63) is 104 Å². The molecule has 0 aliphatic carbocycles. The van der Waals surface area contributed by atoms with E-state index in [9.17, 15) is 19.2 Å². The molecule has 43 heavy (non-hydrogen) atoms. The van der Waals surface area contributed by atoms with Crippen LogP contribution in [0.2, 0.25) is 0 Å². The third kappa shape index (κ3) is 5.71. The summed E-state index contributed by atoms with van der Waals surface area (Å²) in [5, 5.41) is 8.66. The Morgan fingerprint density at radius 2 is 1.74 bits per heavy atom. The Kier molecular flexibility index (Phi) is 8.27. The van der Waals surface area contributed by atoms with Crippen LogP contribution in [0.4, 0.5) is 10.1 Å². The van der Waals surface area contributed by atoms with E-state index in [-0.39, 0.29) is 24.1 Å². The fraction of sp³-hybridized carbons (Fsp3) is 0.250. The van der Waals surface area contributed by atoms with Crippen molar-refractivity contribution in [2.75, 3.05) is 19.0 Å². The highest BCUT2D eigenvalue weighted by Gasteiger charge is 2.25. The van der Waals surface area contributed by atoms with Crippen LogP contribution in [0.15, 0.2) is 64.3 Å². The van der Waals surface area contributed by atoms with E-state index < -0.39 is 23.0 Å². The molecule has 0 bridgehead atoms. The lowest BCUT2D eigenvalue weighted by molar-refractivity contribution is -0.120. The van der Waals surface area contributed by atoms with Crippen molar-refractivity contribution in [3.8, 4) is 28.0 Å². The number of carbonyl (C=O) groups excluding carboxylic acids is 2. The molecule has 0 spiro atoms. The van der Waals surface area contributed by atoms with Crippen LogP contribution in [0.3, 0.4) is 0 Å². The average Bonchev–Trinajstić information content (AvgIpc) is 3.40. The maximum atomic E-state index is 15.5. The van der Waals surface area contributed by atoms with Crippen LogP contribution in [0.25, 0.3) is 22.3 Å². The molecular formula is C32H32FN5O5. The Bertz CT molecular complexity index is 1860. The number of aromatic nitrogens is 2. The van der Waals surface area contributed by atoms with E-state index in [1.54, 1.807) is 18.2 Å². The number of methoxy groups -OCH3 is 1. The van der Waals surface area contributed by atoms with Gasteiger partial charge in [-0.3, -0.25) is 19.0 Å². The van der Waals surface area contributed by atoms with Gasteiger partial charge in [-0.25, -0.2) is 9.18 Å². The number of ether oxygens (including phenoxy) is 1. The lowest BCUT2D eigenvalue weighted by atomic mass is 9.90. The fourth-order valence-electron chi connectivity index (χ4n) is 5.36. The number of rotatable bonds is 8. The molecule has 10 nitrogen and oxygen atoms in total. The molecule has 1 aliphatic heterocycles. The van der Waals surface area contributed by atoms with Crippen LogP contribution in [0, 0.1) is 19.7 Å². The van der Waals surface area contributed by atoms with Crippen LogP contribution >= 0.6 is 0 Å². The molecule has 1 fully saturated rings. The van der Waals surface area contributed by atoms with E-state index in [0.29, 0.717) is 35.5 Å². The summed E-state index contributed by atoms with van der Waals surface area (Å²) < 4.78 is 21.8. The molecule has 11 heteroatoms. The molecule has 222 valence electrons. The van der Waals surface area contributed by atoms with E-state index in [4.69, 9.17) is 4.74 Å². The predicted molar refractivity (Wildman–Crippen MR) is 162 cm³/mol. The molecule has 0 radical (unpaired) electrons. The van der Waals surface area contributed by atoms with Crippen LogP contribution < -0.4 is 31.9 Å². The molecule has 1 atom stereocenters. The van der Waals surface area contributed by atoms with Crippen molar-refractivity contribution in [2.24, 2.45) is 7.05 Å². The topological polar surface area (TPSA) is 134 Å². The lowest BCUT2D eigenvalue weighted by Crippen LogP contribution is -2.37. The number of aromatic amines is 1. The molecule has 1 aromatic heterocycles. The average molecular weight is 586 g/mol. The van der Waals surface area contributed by atoms with Gasteiger partial charge < -0.3 is 25.7 Å². The number of amides is 2. The largest absolute Gasteiger partial charge is 0.496 e. The number of hydrogen-bond acceptors (Lipinski definition) is 6. The molecule has 0 unspecified atom stereocenters. The second-order valence-electron chi connectivity index (χ2n) is 10.4. The van der Waals surface area contributed by atoms with Gasteiger partial charge in [-0.15, -0.1) is 0 Å². The van der Waals surface area contributed by atoms with Gasteiger partial charge in [-0.1, -0.05) is 30.3 Å². The van der Waals surface area contributed by atoms with Crippen molar-refractivity contribution >= 4 is 17.5 Å². The molecule has 2 amide bonds. The Morgan fingerprint density at radius 1 is 1.05 bits per heavy atom. The third-order valence-electron chi connectivity index (χ3n) is 7.89.